The number of hydrogen-bond acceptors (Lipinski definition) is 6. The van der Waals surface area contributed by atoms with Gasteiger partial charge in [0, 0.05) is 26.7 Å². The molecule has 2 amide bonds. The Hall–Kier alpha value is -3.26. The third kappa shape index (κ3) is 5.01. The number of ether oxygens (including phenoxy) is 3. The van der Waals surface area contributed by atoms with Gasteiger partial charge in [-0.3, -0.25) is 14.5 Å². The summed E-state index contributed by atoms with van der Waals surface area (Å²) in [5.74, 6) is -1.20. The third-order valence-corrected chi connectivity index (χ3v) is 4.54. The lowest BCUT2D eigenvalue weighted by molar-refractivity contribution is 0.0485. The Morgan fingerprint density at radius 2 is 1.67 bits per heavy atom. The van der Waals surface area contributed by atoms with E-state index in [-0.39, 0.29) is 41.6 Å². The van der Waals surface area contributed by atoms with Crippen LogP contribution < -0.4 is 4.74 Å². The molecule has 0 N–H and O–H groups in total. The van der Waals surface area contributed by atoms with Crippen molar-refractivity contribution in [2.24, 2.45) is 0 Å². The normalized spacial score (nSPS) is 12.8. The van der Waals surface area contributed by atoms with Gasteiger partial charge < -0.3 is 14.2 Å². The zero-order chi connectivity index (χ0) is 21.5. The Morgan fingerprint density at radius 3 is 2.40 bits per heavy atom. The van der Waals surface area contributed by atoms with Crippen molar-refractivity contribution in [2.75, 3.05) is 33.5 Å². The van der Waals surface area contributed by atoms with E-state index in [1.54, 1.807) is 7.11 Å². The Labute approximate surface area is 173 Å². The Balaban J connectivity index is 1.50. The van der Waals surface area contributed by atoms with Gasteiger partial charge in [0.1, 0.15) is 11.6 Å². The lowest BCUT2D eigenvalue weighted by Crippen LogP contribution is -2.31. The zero-order valence-electron chi connectivity index (χ0n) is 16.6. The number of halogens is 1. The molecule has 0 aromatic heterocycles. The smallest absolute Gasteiger partial charge is 0.338 e. The molecule has 2 aromatic rings. The van der Waals surface area contributed by atoms with Crippen molar-refractivity contribution in [3.63, 3.8) is 0 Å². The molecule has 30 heavy (non-hydrogen) atoms. The maximum atomic E-state index is 12.8. The number of rotatable bonds is 10. The van der Waals surface area contributed by atoms with E-state index in [9.17, 15) is 18.8 Å². The average molecular weight is 415 g/mol. The second-order valence-electron chi connectivity index (χ2n) is 6.66. The highest BCUT2D eigenvalue weighted by atomic mass is 19.1. The highest BCUT2D eigenvalue weighted by Crippen LogP contribution is 2.24. The van der Waals surface area contributed by atoms with Gasteiger partial charge in [0.05, 0.1) is 29.9 Å². The van der Waals surface area contributed by atoms with Gasteiger partial charge in [-0.25, -0.2) is 9.18 Å². The largest absolute Gasteiger partial charge is 0.493 e. The Bertz CT molecular complexity index is 928. The van der Waals surface area contributed by atoms with E-state index >= 15 is 0 Å². The van der Waals surface area contributed by atoms with Crippen LogP contribution in [0.4, 0.5) is 4.39 Å². The molecule has 158 valence electrons. The number of hydrogen-bond donors (Lipinski definition) is 0. The molecule has 0 unspecified atom stereocenters. The van der Waals surface area contributed by atoms with Gasteiger partial charge in [0.15, 0.2) is 0 Å². The van der Waals surface area contributed by atoms with Gasteiger partial charge in [-0.2, -0.15) is 0 Å². The summed E-state index contributed by atoms with van der Waals surface area (Å²) in [5.41, 5.74) is 0.682. The molecule has 0 atom stereocenters. The van der Waals surface area contributed by atoms with Crippen molar-refractivity contribution in [1.29, 1.82) is 0 Å². The summed E-state index contributed by atoms with van der Waals surface area (Å²) in [6.07, 6.45) is 0.982. The van der Waals surface area contributed by atoms with Crippen molar-refractivity contribution < 1.29 is 33.0 Å². The van der Waals surface area contributed by atoms with Gasteiger partial charge in [-0.05, 0) is 48.9 Å². The first kappa shape index (κ1) is 21.4. The number of methoxy groups -OCH3 is 1. The van der Waals surface area contributed by atoms with Crippen LogP contribution in [0.25, 0.3) is 0 Å². The zero-order valence-corrected chi connectivity index (χ0v) is 16.6. The average Bonchev–Trinajstić information content (AvgIpc) is 2.99. The Kier molecular flexibility index (Phi) is 7.13. The fraction of sp³-hybridized carbons (Fsp3) is 0.318. The van der Waals surface area contributed by atoms with E-state index in [1.807, 2.05) is 0 Å². The monoisotopic (exact) mass is 415 g/mol. The molecule has 0 aliphatic carbocycles. The number of imide groups is 1. The molecule has 2 aromatic carbocycles. The van der Waals surface area contributed by atoms with Crippen molar-refractivity contribution in [1.82, 2.24) is 4.90 Å². The molecule has 3 rings (SSSR count). The van der Waals surface area contributed by atoms with Gasteiger partial charge in [-0.1, -0.05) is 0 Å². The van der Waals surface area contributed by atoms with Gasteiger partial charge in [0.25, 0.3) is 11.8 Å². The molecule has 1 aliphatic rings. The minimum Gasteiger partial charge on any atom is -0.493 e. The molecule has 0 saturated heterocycles. The Morgan fingerprint density at radius 1 is 0.933 bits per heavy atom. The van der Waals surface area contributed by atoms with Gasteiger partial charge in [-0.15, -0.1) is 0 Å². The predicted octanol–water partition coefficient (Wildman–Crippen LogP) is 3.08. The molecule has 8 heteroatoms. The predicted molar refractivity (Wildman–Crippen MR) is 105 cm³/mol. The van der Waals surface area contributed by atoms with Crippen LogP contribution in [-0.2, 0) is 9.47 Å². The number of fused-ring (bicyclic) bond motifs is 1. The number of carbonyl (C=O) groups is 3. The van der Waals surface area contributed by atoms with Gasteiger partial charge in [0.2, 0.25) is 0 Å². The number of carbonyl (C=O) groups excluding carboxylic acids is 3. The van der Waals surface area contributed by atoms with E-state index in [0.29, 0.717) is 31.8 Å². The van der Waals surface area contributed by atoms with Crippen molar-refractivity contribution in [3.05, 3.63) is 65.0 Å². The first-order valence-corrected chi connectivity index (χ1v) is 9.56. The molecule has 0 radical (unpaired) electrons. The van der Waals surface area contributed by atoms with E-state index in [0.717, 1.165) is 4.90 Å². The molecular formula is C22H22FNO6. The van der Waals surface area contributed by atoms with Crippen LogP contribution in [0.3, 0.4) is 0 Å². The van der Waals surface area contributed by atoms with E-state index < -0.39 is 11.9 Å². The summed E-state index contributed by atoms with van der Waals surface area (Å²) < 4.78 is 28.4. The quantitative estimate of drug-likeness (QED) is 0.337. The minimum atomic E-state index is -0.585. The topological polar surface area (TPSA) is 82.1 Å². The van der Waals surface area contributed by atoms with Crippen LogP contribution in [0.2, 0.25) is 0 Å². The number of benzene rings is 2. The molecule has 1 heterocycles. The molecular weight excluding hydrogens is 393 g/mol. The molecule has 0 fully saturated rings. The molecule has 1 aliphatic heterocycles. The number of nitrogens with zero attached hydrogens (tertiary/aromatic N) is 1. The highest BCUT2D eigenvalue weighted by Gasteiger charge is 2.35. The van der Waals surface area contributed by atoms with Crippen LogP contribution in [0, 0.1) is 5.82 Å². The summed E-state index contributed by atoms with van der Waals surface area (Å²) >= 11 is 0. The third-order valence-electron chi connectivity index (χ3n) is 4.54. The second-order valence-corrected chi connectivity index (χ2v) is 6.66. The van der Waals surface area contributed by atoms with Crippen molar-refractivity contribution >= 4 is 17.8 Å². The first-order chi connectivity index (χ1) is 14.5. The summed E-state index contributed by atoms with van der Waals surface area (Å²) in [5, 5.41) is 0. The van der Waals surface area contributed by atoms with Crippen LogP contribution in [-0.4, -0.2) is 56.2 Å². The van der Waals surface area contributed by atoms with Crippen molar-refractivity contribution in [2.45, 2.75) is 12.8 Å². The summed E-state index contributed by atoms with van der Waals surface area (Å²) in [6, 6.07) is 9.97. The minimum absolute atomic E-state index is 0.118. The van der Waals surface area contributed by atoms with E-state index in [1.165, 1.54) is 42.5 Å². The number of amides is 2. The molecule has 0 spiro atoms. The standard InChI is InChI=1S/C22H22FNO6/c1-28-11-2-10-24-20(25)18-9-4-15(14-19(18)21(24)26)22(27)30-13-3-12-29-17-7-5-16(23)6-8-17/h4-9,14H,2-3,10-13H2,1H3. The molecule has 0 bridgehead atoms. The van der Waals surface area contributed by atoms with Crippen molar-refractivity contribution in [3.8, 4) is 5.75 Å². The van der Waals surface area contributed by atoms with E-state index in [2.05, 4.69) is 0 Å². The summed E-state index contributed by atoms with van der Waals surface area (Å²) in [4.78, 5) is 38.3. The maximum absolute atomic E-state index is 12.8. The highest BCUT2D eigenvalue weighted by molar-refractivity contribution is 6.21. The fourth-order valence-electron chi connectivity index (χ4n) is 3.02. The second kappa shape index (κ2) is 9.98. The molecule has 0 saturated carbocycles. The summed E-state index contributed by atoms with van der Waals surface area (Å²) in [7, 11) is 1.55. The van der Waals surface area contributed by atoms with Crippen LogP contribution in [0.15, 0.2) is 42.5 Å². The van der Waals surface area contributed by atoms with Crippen LogP contribution in [0.1, 0.15) is 43.9 Å². The number of esters is 1. The fourth-order valence-corrected chi connectivity index (χ4v) is 3.02. The first-order valence-electron chi connectivity index (χ1n) is 9.56. The summed E-state index contributed by atoms with van der Waals surface area (Å²) in [6.45, 7) is 1.11. The lowest BCUT2D eigenvalue weighted by atomic mass is 10.1. The van der Waals surface area contributed by atoms with Crippen LogP contribution in [0.5, 0.6) is 5.75 Å². The maximum Gasteiger partial charge on any atom is 0.338 e. The molecule has 7 nitrogen and oxygen atoms in total. The lowest BCUT2D eigenvalue weighted by Gasteiger charge is -2.12. The van der Waals surface area contributed by atoms with Gasteiger partial charge >= 0.3 is 5.97 Å². The van der Waals surface area contributed by atoms with Crippen LogP contribution >= 0.6 is 0 Å². The van der Waals surface area contributed by atoms with E-state index in [4.69, 9.17) is 14.2 Å². The SMILES string of the molecule is COCCCN1C(=O)c2ccc(C(=O)OCCCOc3ccc(F)cc3)cc2C1=O.